The van der Waals surface area contributed by atoms with Gasteiger partial charge in [0.15, 0.2) is 0 Å². The lowest BCUT2D eigenvalue weighted by Crippen LogP contribution is -1.94. The minimum absolute atomic E-state index is 0.319. The maximum Gasteiger partial charge on any atom is 0.229 e. The zero-order valence-corrected chi connectivity index (χ0v) is 10.2. The lowest BCUT2D eigenvalue weighted by molar-refractivity contribution is 0.412. The van der Waals surface area contributed by atoms with E-state index < -0.39 is 0 Å². The topological polar surface area (TPSA) is 39.9 Å². The second-order valence-electron chi connectivity index (χ2n) is 2.79. The largest absolute Gasteiger partial charge is 0.495 e. The van der Waals surface area contributed by atoms with E-state index in [2.05, 4.69) is 26.1 Å². The van der Waals surface area contributed by atoms with Gasteiger partial charge in [0.05, 0.1) is 17.3 Å². The molecule has 4 nitrogen and oxygen atoms in total. The fraction of sp³-hybridized carbons (Fsp3) is 0.111. The summed E-state index contributed by atoms with van der Waals surface area (Å²) in [7, 11) is 1.61. The van der Waals surface area contributed by atoms with Gasteiger partial charge in [0, 0.05) is 6.07 Å². The van der Waals surface area contributed by atoms with Crippen molar-refractivity contribution in [2.75, 3.05) is 7.11 Å². The van der Waals surface area contributed by atoms with Crippen molar-refractivity contribution in [1.82, 2.24) is 14.8 Å². The fourth-order valence-electron chi connectivity index (χ4n) is 1.19. The molecular weight excluding hydrogens is 281 g/mol. The Morgan fingerprint density at radius 2 is 2.27 bits per heavy atom. The van der Waals surface area contributed by atoms with Crippen LogP contribution in [0.1, 0.15) is 0 Å². The molecule has 0 radical (unpaired) electrons. The zero-order chi connectivity index (χ0) is 10.8. The Hall–Kier alpha value is -1.07. The summed E-state index contributed by atoms with van der Waals surface area (Å²) in [6.07, 6.45) is 1.55. The average Bonchev–Trinajstić information content (AvgIpc) is 2.65. The van der Waals surface area contributed by atoms with Crippen LogP contribution in [0.2, 0.25) is 5.28 Å². The number of hydrogen-bond acceptors (Lipinski definition) is 3. The van der Waals surface area contributed by atoms with Crippen molar-refractivity contribution in [1.29, 1.82) is 0 Å². The van der Waals surface area contributed by atoms with Gasteiger partial charge in [-0.25, -0.2) is 0 Å². The first kappa shape index (κ1) is 10.4. The Labute approximate surface area is 100.0 Å². The number of aromatic nitrogens is 3. The van der Waals surface area contributed by atoms with E-state index in [1.807, 2.05) is 18.2 Å². The molecule has 78 valence electrons. The van der Waals surface area contributed by atoms with E-state index in [0.29, 0.717) is 5.28 Å². The molecule has 15 heavy (non-hydrogen) atoms. The van der Waals surface area contributed by atoms with E-state index in [1.54, 1.807) is 18.0 Å². The van der Waals surface area contributed by atoms with Crippen LogP contribution in [0.4, 0.5) is 0 Å². The summed E-state index contributed by atoms with van der Waals surface area (Å²) in [5.74, 6) is 0.734. The van der Waals surface area contributed by atoms with Gasteiger partial charge < -0.3 is 4.74 Å². The molecule has 0 saturated heterocycles. The van der Waals surface area contributed by atoms with Crippen molar-refractivity contribution in [3.05, 3.63) is 34.3 Å². The van der Waals surface area contributed by atoms with Crippen LogP contribution in [0.25, 0.3) is 5.69 Å². The molecule has 6 heteroatoms. The van der Waals surface area contributed by atoms with Gasteiger partial charge in [-0.1, -0.05) is 0 Å². The summed E-state index contributed by atoms with van der Waals surface area (Å²) in [5.41, 5.74) is 0.852. The predicted octanol–water partition coefficient (Wildman–Crippen LogP) is 2.69. The van der Waals surface area contributed by atoms with E-state index in [4.69, 9.17) is 16.3 Å². The van der Waals surface area contributed by atoms with Crippen LogP contribution < -0.4 is 4.74 Å². The van der Waals surface area contributed by atoms with Crippen molar-refractivity contribution in [2.45, 2.75) is 0 Å². The van der Waals surface area contributed by atoms with Crippen molar-refractivity contribution < 1.29 is 4.74 Å². The zero-order valence-electron chi connectivity index (χ0n) is 7.82. The van der Waals surface area contributed by atoms with Crippen LogP contribution in [-0.2, 0) is 0 Å². The number of nitrogens with zero attached hydrogens (tertiary/aromatic N) is 3. The molecular formula is C9H7BrClN3O. The number of halogens is 2. The Morgan fingerprint density at radius 1 is 1.47 bits per heavy atom. The molecule has 0 fully saturated rings. The predicted molar refractivity (Wildman–Crippen MR) is 60.6 cm³/mol. The number of ether oxygens (including phenoxy) is 1. The molecule has 1 aromatic carbocycles. The first-order valence-corrected chi connectivity index (χ1v) is 5.29. The molecule has 1 aromatic heterocycles. The third-order valence-corrected chi connectivity index (χ3v) is 2.83. The molecule has 0 saturated carbocycles. The van der Waals surface area contributed by atoms with Crippen molar-refractivity contribution in [2.24, 2.45) is 0 Å². The third kappa shape index (κ3) is 1.98. The normalized spacial score (nSPS) is 10.3. The minimum Gasteiger partial charge on any atom is -0.495 e. The molecule has 0 amide bonds. The van der Waals surface area contributed by atoms with Gasteiger partial charge in [0.2, 0.25) is 5.28 Å². The van der Waals surface area contributed by atoms with E-state index in [0.717, 1.165) is 15.9 Å². The lowest BCUT2D eigenvalue weighted by atomic mass is 10.3. The summed E-state index contributed by atoms with van der Waals surface area (Å²) in [4.78, 5) is 0. The molecule has 0 bridgehead atoms. The molecule has 2 rings (SSSR count). The summed E-state index contributed by atoms with van der Waals surface area (Å²) in [5, 5.41) is 7.72. The molecule has 1 heterocycles. The van der Waals surface area contributed by atoms with Crippen LogP contribution in [0.15, 0.2) is 29.0 Å². The summed E-state index contributed by atoms with van der Waals surface area (Å²) < 4.78 is 7.73. The van der Waals surface area contributed by atoms with E-state index >= 15 is 0 Å². The van der Waals surface area contributed by atoms with Gasteiger partial charge in [-0.2, -0.15) is 0 Å². The first-order valence-electron chi connectivity index (χ1n) is 4.12. The van der Waals surface area contributed by atoms with Crippen LogP contribution >= 0.6 is 27.5 Å². The highest BCUT2D eigenvalue weighted by atomic mass is 79.9. The molecule has 0 spiro atoms. The molecule has 0 aliphatic rings. The quantitative estimate of drug-likeness (QED) is 0.853. The van der Waals surface area contributed by atoms with Gasteiger partial charge in [-0.05, 0) is 39.7 Å². The molecule has 0 unspecified atom stereocenters. The van der Waals surface area contributed by atoms with Crippen LogP contribution in [0.5, 0.6) is 5.75 Å². The molecule has 2 aromatic rings. The molecule has 0 aliphatic carbocycles. The number of benzene rings is 1. The summed E-state index contributed by atoms with van der Waals surface area (Å²) in [6, 6.07) is 5.62. The standard InChI is InChI=1S/C9H7BrClN3O/c1-15-8-4-6(2-3-7(8)10)14-5-12-13-9(14)11/h2-5H,1H3. The second-order valence-corrected chi connectivity index (χ2v) is 3.98. The summed E-state index contributed by atoms with van der Waals surface area (Å²) >= 11 is 9.22. The van der Waals surface area contributed by atoms with Crippen LogP contribution in [0, 0.1) is 0 Å². The highest BCUT2D eigenvalue weighted by molar-refractivity contribution is 9.10. The molecule has 0 N–H and O–H groups in total. The van der Waals surface area contributed by atoms with Gasteiger partial charge >= 0.3 is 0 Å². The van der Waals surface area contributed by atoms with Crippen LogP contribution in [0.3, 0.4) is 0 Å². The Balaban J connectivity index is 2.51. The lowest BCUT2D eigenvalue weighted by Gasteiger charge is -2.07. The minimum atomic E-state index is 0.319. The Morgan fingerprint density at radius 3 is 2.87 bits per heavy atom. The average molecular weight is 289 g/mol. The highest BCUT2D eigenvalue weighted by Crippen LogP contribution is 2.27. The summed E-state index contributed by atoms with van der Waals surface area (Å²) in [6.45, 7) is 0. The van der Waals surface area contributed by atoms with Crippen molar-refractivity contribution in [3.8, 4) is 11.4 Å². The van der Waals surface area contributed by atoms with Gasteiger partial charge in [0.1, 0.15) is 12.1 Å². The van der Waals surface area contributed by atoms with Gasteiger partial charge in [-0.15, -0.1) is 10.2 Å². The van der Waals surface area contributed by atoms with Gasteiger partial charge in [0.25, 0.3) is 0 Å². The fourth-order valence-corrected chi connectivity index (χ4v) is 1.79. The monoisotopic (exact) mass is 287 g/mol. The van der Waals surface area contributed by atoms with E-state index in [9.17, 15) is 0 Å². The van der Waals surface area contributed by atoms with E-state index in [1.165, 1.54) is 0 Å². The van der Waals surface area contributed by atoms with Gasteiger partial charge in [-0.3, -0.25) is 4.57 Å². The first-order chi connectivity index (χ1) is 7.22. The number of hydrogen-bond donors (Lipinski definition) is 0. The van der Waals surface area contributed by atoms with E-state index in [-0.39, 0.29) is 0 Å². The third-order valence-electron chi connectivity index (χ3n) is 1.92. The molecule has 0 atom stereocenters. The number of rotatable bonds is 2. The molecule has 0 aliphatic heterocycles. The Bertz CT molecular complexity index is 486. The smallest absolute Gasteiger partial charge is 0.229 e. The van der Waals surface area contributed by atoms with Crippen molar-refractivity contribution >= 4 is 27.5 Å². The maximum atomic E-state index is 5.85. The van der Waals surface area contributed by atoms with Crippen molar-refractivity contribution in [3.63, 3.8) is 0 Å². The second kappa shape index (κ2) is 4.20. The maximum absolute atomic E-state index is 5.85. The SMILES string of the molecule is COc1cc(-n2cnnc2Cl)ccc1Br. The highest BCUT2D eigenvalue weighted by Gasteiger charge is 2.06. The number of methoxy groups -OCH3 is 1. The van der Waals surface area contributed by atoms with Crippen LogP contribution in [-0.4, -0.2) is 21.9 Å². The Kier molecular flexibility index (Phi) is 2.93.